The van der Waals surface area contributed by atoms with Crippen molar-refractivity contribution in [3.63, 3.8) is 0 Å². The Morgan fingerprint density at radius 3 is 2.53 bits per heavy atom. The molecule has 0 spiro atoms. The number of nitrogens with zero attached hydrogens (tertiary/aromatic N) is 1. The zero-order valence-corrected chi connectivity index (χ0v) is 7.76. The molecule has 0 radical (unpaired) electrons. The Hall–Kier alpha value is -1.17. The molecule has 2 N–H and O–H groups in total. The van der Waals surface area contributed by atoms with Gasteiger partial charge in [-0.15, -0.1) is 0 Å². The summed E-state index contributed by atoms with van der Waals surface area (Å²) in [6, 6.07) is 0.253. The zero-order chi connectivity index (χ0) is 11.5. The number of hydrogen-bond donors (Lipinski definition) is 1. The Morgan fingerprint density at radius 2 is 2.00 bits per heavy atom. The van der Waals surface area contributed by atoms with E-state index in [1.54, 1.807) is 0 Å². The maximum atomic E-state index is 12.7. The Labute approximate surface area is 84.1 Å². The molecule has 6 heteroatoms. The summed E-state index contributed by atoms with van der Waals surface area (Å²) in [5, 5.41) is 0. The van der Waals surface area contributed by atoms with Crippen molar-refractivity contribution < 1.29 is 17.6 Å². The maximum absolute atomic E-state index is 12.7. The largest absolute Gasteiger partial charge is 0.389 e. The molecule has 0 saturated carbocycles. The van der Waals surface area contributed by atoms with Crippen LogP contribution in [-0.4, -0.2) is 11.2 Å². The number of nitrogens with two attached hydrogens (primary N) is 1. The highest BCUT2D eigenvalue weighted by Crippen LogP contribution is 2.26. The maximum Gasteiger partial charge on any atom is 0.389 e. The zero-order valence-electron chi connectivity index (χ0n) is 7.76. The minimum atomic E-state index is -4.24. The van der Waals surface area contributed by atoms with E-state index in [0.29, 0.717) is 0 Å². The fraction of sp³-hybridized carbons (Fsp3) is 0.444. The normalized spacial score (nSPS) is 13.9. The summed E-state index contributed by atoms with van der Waals surface area (Å²) in [5.41, 5.74) is 5.74. The fourth-order valence-corrected chi connectivity index (χ4v) is 1.12. The van der Waals surface area contributed by atoms with Crippen LogP contribution in [0.25, 0.3) is 0 Å². The third kappa shape index (κ3) is 4.24. The first-order valence-electron chi connectivity index (χ1n) is 4.31. The van der Waals surface area contributed by atoms with Gasteiger partial charge in [-0.2, -0.15) is 13.2 Å². The smallest absolute Gasteiger partial charge is 0.324 e. The van der Waals surface area contributed by atoms with Crippen molar-refractivity contribution in [3.05, 3.63) is 29.8 Å². The molecule has 15 heavy (non-hydrogen) atoms. The second kappa shape index (κ2) is 4.57. The van der Waals surface area contributed by atoms with E-state index in [0.717, 1.165) is 12.3 Å². The lowest BCUT2D eigenvalue weighted by Crippen LogP contribution is -2.16. The summed E-state index contributed by atoms with van der Waals surface area (Å²) in [6.45, 7) is 0. The number of pyridine rings is 1. The van der Waals surface area contributed by atoms with Gasteiger partial charge < -0.3 is 5.73 Å². The van der Waals surface area contributed by atoms with Crippen molar-refractivity contribution >= 4 is 0 Å². The second-order valence-electron chi connectivity index (χ2n) is 3.20. The molecule has 1 unspecified atom stereocenters. The predicted octanol–water partition coefficient (Wildman–Crippen LogP) is 2.56. The van der Waals surface area contributed by atoms with E-state index in [1.807, 2.05) is 0 Å². The molecule has 0 bridgehead atoms. The number of rotatable bonds is 3. The topological polar surface area (TPSA) is 38.9 Å². The molecule has 0 amide bonds. The third-order valence-electron chi connectivity index (χ3n) is 1.89. The molecule has 0 fully saturated rings. The molecular weight excluding hydrogens is 212 g/mol. The van der Waals surface area contributed by atoms with E-state index < -0.39 is 24.5 Å². The van der Waals surface area contributed by atoms with Crippen LogP contribution < -0.4 is 5.73 Å². The lowest BCUT2D eigenvalue weighted by Gasteiger charge is -2.12. The molecule has 0 aliphatic heterocycles. The van der Waals surface area contributed by atoms with Gasteiger partial charge >= 0.3 is 6.18 Å². The lowest BCUT2D eigenvalue weighted by atomic mass is 10.0. The molecule has 0 aliphatic rings. The van der Waals surface area contributed by atoms with Gasteiger partial charge in [-0.3, -0.25) is 4.98 Å². The fourth-order valence-electron chi connectivity index (χ4n) is 1.12. The predicted molar refractivity (Wildman–Crippen MR) is 46.4 cm³/mol. The highest BCUT2D eigenvalue weighted by Gasteiger charge is 2.27. The Morgan fingerprint density at radius 1 is 1.33 bits per heavy atom. The molecule has 1 rings (SSSR count). The first-order chi connectivity index (χ1) is 6.88. The van der Waals surface area contributed by atoms with Crippen LogP contribution in [0, 0.1) is 5.82 Å². The van der Waals surface area contributed by atoms with E-state index in [1.165, 1.54) is 6.20 Å². The molecule has 2 nitrogen and oxygen atoms in total. The van der Waals surface area contributed by atoms with Crippen LogP contribution in [0.15, 0.2) is 18.5 Å². The van der Waals surface area contributed by atoms with Gasteiger partial charge in [0.25, 0.3) is 0 Å². The number of aromatic nitrogens is 1. The molecule has 1 heterocycles. The number of hydrogen-bond acceptors (Lipinski definition) is 2. The minimum absolute atomic E-state index is 0.269. The van der Waals surface area contributed by atoms with Crippen molar-refractivity contribution in [2.45, 2.75) is 25.1 Å². The summed E-state index contributed by atoms with van der Waals surface area (Å²) in [6.07, 6.45) is -3.25. The molecular formula is C9H10F4N2. The number of alkyl halides is 3. The quantitative estimate of drug-likeness (QED) is 0.798. The van der Waals surface area contributed by atoms with Crippen LogP contribution >= 0.6 is 0 Å². The van der Waals surface area contributed by atoms with Crippen LogP contribution in [0.1, 0.15) is 24.4 Å². The van der Waals surface area contributed by atoms with Gasteiger partial charge in [-0.25, -0.2) is 4.39 Å². The van der Waals surface area contributed by atoms with Crippen molar-refractivity contribution in [1.82, 2.24) is 4.98 Å². The summed E-state index contributed by atoms with van der Waals surface area (Å²) in [7, 11) is 0. The summed E-state index contributed by atoms with van der Waals surface area (Å²) in [5.74, 6) is -0.602. The van der Waals surface area contributed by atoms with Gasteiger partial charge in [0.05, 0.1) is 6.20 Å². The van der Waals surface area contributed by atoms with Gasteiger partial charge in [0.1, 0.15) is 5.82 Å². The van der Waals surface area contributed by atoms with Gasteiger partial charge in [0.15, 0.2) is 0 Å². The van der Waals surface area contributed by atoms with Gasteiger partial charge in [-0.05, 0) is 18.1 Å². The van der Waals surface area contributed by atoms with Crippen LogP contribution in [0.5, 0.6) is 0 Å². The SMILES string of the molecule is NC(CCC(F)(F)F)c1cncc(F)c1. The lowest BCUT2D eigenvalue weighted by molar-refractivity contribution is -0.136. The first kappa shape index (κ1) is 11.9. The molecule has 0 aromatic carbocycles. The summed E-state index contributed by atoms with van der Waals surface area (Å²) < 4.78 is 48.3. The van der Waals surface area contributed by atoms with Crippen LogP contribution in [-0.2, 0) is 0 Å². The summed E-state index contributed by atoms with van der Waals surface area (Å²) in [4.78, 5) is 3.51. The Bertz CT molecular complexity index is 324. The number of halogens is 4. The molecule has 0 aliphatic carbocycles. The van der Waals surface area contributed by atoms with E-state index in [4.69, 9.17) is 5.73 Å². The molecule has 1 aromatic heterocycles. The van der Waals surface area contributed by atoms with Crippen molar-refractivity contribution in [2.24, 2.45) is 5.73 Å². The first-order valence-corrected chi connectivity index (χ1v) is 4.31. The minimum Gasteiger partial charge on any atom is -0.324 e. The van der Waals surface area contributed by atoms with Crippen molar-refractivity contribution in [3.8, 4) is 0 Å². The standard InChI is InChI=1S/C9H10F4N2/c10-7-3-6(4-15-5-7)8(14)1-2-9(11,12)13/h3-5,8H,1-2,14H2. The highest BCUT2D eigenvalue weighted by atomic mass is 19.4. The Balaban J connectivity index is 2.58. The third-order valence-corrected chi connectivity index (χ3v) is 1.89. The average Bonchev–Trinajstić information content (AvgIpc) is 2.13. The van der Waals surface area contributed by atoms with Crippen LogP contribution in [0.4, 0.5) is 17.6 Å². The van der Waals surface area contributed by atoms with Crippen molar-refractivity contribution in [2.75, 3.05) is 0 Å². The van der Waals surface area contributed by atoms with Crippen molar-refractivity contribution in [1.29, 1.82) is 0 Å². The van der Waals surface area contributed by atoms with Crippen LogP contribution in [0.2, 0.25) is 0 Å². The molecule has 1 atom stereocenters. The van der Waals surface area contributed by atoms with Gasteiger partial charge in [-0.1, -0.05) is 0 Å². The van der Waals surface area contributed by atoms with E-state index in [-0.39, 0.29) is 12.0 Å². The van der Waals surface area contributed by atoms with Crippen LogP contribution in [0.3, 0.4) is 0 Å². The monoisotopic (exact) mass is 222 g/mol. The summed E-state index contributed by atoms with van der Waals surface area (Å²) >= 11 is 0. The van der Waals surface area contributed by atoms with E-state index in [2.05, 4.69) is 4.98 Å². The molecule has 0 saturated heterocycles. The van der Waals surface area contributed by atoms with Gasteiger partial charge in [0.2, 0.25) is 0 Å². The average molecular weight is 222 g/mol. The molecule has 84 valence electrons. The molecule has 1 aromatic rings. The second-order valence-corrected chi connectivity index (χ2v) is 3.20. The van der Waals surface area contributed by atoms with E-state index in [9.17, 15) is 17.6 Å². The Kier molecular flexibility index (Phi) is 3.62. The highest BCUT2D eigenvalue weighted by molar-refractivity contribution is 5.14. The van der Waals surface area contributed by atoms with E-state index >= 15 is 0 Å². The van der Waals surface area contributed by atoms with Gasteiger partial charge in [0, 0.05) is 18.7 Å².